The molecule has 2 aromatic rings. The highest BCUT2D eigenvalue weighted by Crippen LogP contribution is 2.28. The molecule has 0 N–H and O–H groups in total. The normalized spacial score (nSPS) is 9.88. The van der Waals surface area contributed by atoms with Crippen molar-refractivity contribution >= 4 is 11.8 Å². The van der Waals surface area contributed by atoms with Gasteiger partial charge in [0.15, 0.2) is 0 Å². The minimum Gasteiger partial charge on any atom is -0.207 e. The zero-order chi connectivity index (χ0) is 12.1. The topological polar surface area (TPSA) is 0 Å². The van der Waals surface area contributed by atoms with Gasteiger partial charge in [-0.2, -0.15) is 0 Å². The summed E-state index contributed by atoms with van der Waals surface area (Å²) in [5, 5.41) is 0. The molecule has 0 amide bonds. The predicted octanol–water partition coefficient (Wildman–Crippen LogP) is 4.15. The number of hydrogen-bond acceptors (Lipinski definition) is 1. The van der Waals surface area contributed by atoms with Crippen molar-refractivity contribution in [3.8, 4) is 12.3 Å². The largest absolute Gasteiger partial charge is 0.207 e. The van der Waals surface area contributed by atoms with E-state index in [2.05, 4.69) is 12.0 Å². The Morgan fingerprint density at radius 3 is 2.53 bits per heavy atom. The molecular weight excluding hydrogens is 231 g/mol. The Kier molecular flexibility index (Phi) is 3.85. The van der Waals surface area contributed by atoms with Gasteiger partial charge in [0, 0.05) is 16.2 Å². The first-order valence-corrected chi connectivity index (χ1v) is 6.05. The van der Waals surface area contributed by atoms with Gasteiger partial charge in [0.2, 0.25) is 0 Å². The Bertz CT molecular complexity index is 538. The molecule has 0 aromatic heterocycles. The average molecular weight is 242 g/mol. The van der Waals surface area contributed by atoms with Crippen molar-refractivity contribution in [2.75, 3.05) is 0 Å². The molecule has 0 saturated heterocycles. The molecular formula is C15H11FS. The third kappa shape index (κ3) is 3.37. The van der Waals surface area contributed by atoms with E-state index in [-0.39, 0.29) is 5.82 Å². The predicted molar refractivity (Wildman–Crippen MR) is 69.5 cm³/mol. The number of terminal acetylenes is 1. The second-order valence-corrected chi connectivity index (χ2v) is 4.73. The SMILES string of the molecule is C#CCc1cccc(Sc2ccc(F)cc2)c1. The molecule has 0 radical (unpaired) electrons. The fraction of sp³-hybridized carbons (Fsp3) is 0.0667. The van der Waals surface area contributed by atoms with E-state index in [0.29, 0.717) is 6.42 Å². The summed E-state index contributed by atoms with van der Waals surface area (Å²) in [5.74, 6) is 2.41. The van der Waals surface area contributed by atoms with Crippen LogP contribution in [0, 0.1) is 18.2 Å². The maximum absolute atomic E-state index is 12.8. The van der Waals surface area contributed by atoms with Gasteiger partial charge in [0.1, 0.15) is 5.82 Å². The summed E-state index contributed by atoms with van der Waals surface area (Å²) in [5.41, 5.74) is 1.12. The van der Waals surface area contributed by atoms with Gasteiger partial charge in [-0.05, 0) is 42.0 Å². The molecule has 2 rings (SSSR count). The molecule has 0 unspecified atom stereocenters. The highest BCUT2D eigenvalue weighted by molar-refractivity contribution is 7.99. The lowest BCUT2D eigenvalue weighted by Gasteiger charge is -2.03. The molecule has 0 bridgehead atoms. The van der Waals surface area contributed by atoms with Crippen molar-refractivity contribution in [3.63, 3.8) is 0 Å². The molecule has 0 spiro atoms. The molecule has 0 nitrogen and oxygen atoms in total. The molecule has 2 heteroatoms. The first-order valence-electron chi connectivity index (χ1n) is 5.24. The molecule has 0 heterocycles. The van der Waals surface area contributed by atoms with Crippen molar-refractivity contribution < 1.29 is 4.39 Å². The monoisotopic (exact) mass is 242 g/mol. The Hall–Kier alpha value is -1.72. The first kappa shape index (κ1) is 11.8. The fourth-order valence-electron chi connectivity index (χ4n) is 1.48. The van der Waals surface area contributed by atoms with Gasteiger partial charge in [0.25, 0.3) is 0 Å². The number of benzene rings is 2. The molecule has 0 aliphatic carbocycles. The van der Waals surface area contributed by atoms with Crippen LogP contribution in [0.15, 0.2) is 58.3 Å². The maximum Gasteiger partial charge on any atom is 0.123 e. The number of halogens is 1. The fourth-order valence-corrected chi connectivity index (χ4v) is 2.38. The van der Waals surface area contributed by atoms with Crippen LogP contribution in [0.3, 0.4) is 0 Å². The highest BCUT2D eigenvalue weighted by atomic mass is 32.2. The van der Waals surface area contributed by atoms with E-state index < -0.39 is 0 Å². The van der Waals surface area contributed by atoms with Gasteiger partial charge in [-0.25, -0.2) is 4.39 Å². The molecule has 0 aliphatic heterocycles. The quantitative estimate of drug-likeness (QED) is 0.728. The lowest BCUT2D eigenvalue weighted by Crippen LogP contribution is -1.82. The van der Waals surface area contributed by atoms with Gasteiger partial charge >= 0.3 is 0 Å². The summed E-state index contributed by atoms with van der Waals surface area (Å²) in [6, 6.07) is 14.6. The summed E-state index contributed by atoms with van der Waals surface area (Å²) < 4.78 is 12.8. The van der Waals surface area contributed by atoms with Crippen LogP contribution in [0.5, 0.6) is 0 Å². The summed E-state index contributed by atoms with van der Waals surface area (Å²) >= 11 is 1.60. The van der Waals surface area contributed by atoms with Gasteiger partial charge in [-0.1, -0.05) is 23.9 Å². The van der Waals surface area contributed by atoms with Crippen LogP contribution in [0.4, 0.5) is 4.39 Å². The second kappa shape index (κ2) is 5.56. The summed E-state index contributed by atoms with van der Waals surface area (Å²) in [6.07, 6.45) is 5.92. The Morgan fingerprint density at radius 1 is 1.06 bits per heavy atom. The Balaban J connectivity index is 2.16. The van der Waals surface area contributed by atoms with Crippen LogP contribution in [-0.4, -0.2) is 0 Å². The van der Waals surface area contributed by atoms with Crippen LogP contribution in [0.25, 0.3) is 0 Å². The smallest absolute Gasteiger partial charge is 0.123 e. The summed E-state index contributed by atoms with van der Waals surface area (Å²) in [4.78, 5) is 2.13. The minimum atomic E-state index is -0.213. The van der Waals surface area contributed by atoms with Crippen LogP contribution < -0.4 is 0 Å². The summed E-state index contributed by atoms with van der Waals surface area (Å²) in [6.45, 7) is 0. The van der Waals surface area contributed by atoms with Crippen LogP contribution in [0.2, 0.25) is 0 Å². The van der Waals surface area contributed by atoms with Crippen LogP contribution in [-0.2, 0) is 6.42 Å². The third-order valence-electron chi connectivity index (χ3n) is 2.25. The molecule has 2 aromatic carbocycles. The zero-order valence-electron chi connectivity index (χ0n) is 9.19. The minimum absolute atomic E-state index is 0.213. The van der Waals surface area contributed by atoms with Gasteiger partial charge < -0.3 is 0 Å². The maximum atomic E-state index is 12.8. The molecule has 0 saturated carbocycles. The first-order chi connectivity index (χ1) is 8.28. The van der Waals surface area contributed by atoms with Crippen molar-refractivity contribution in [3.05, 3.63) is 59.9 Å². The van der Waals surface area contributed by atoms with E-state index in [0.717, 1.165) is 15.4 Å². The van der Waals surface area contributed by atoms with Gasteiger partial charge in [-0.15, -0.1) is 12.3 Å². The van der Waals surface area contributed by atoms with E-state index in [9.17, 15) is 4.39 Å². The Morgan fingerprint density at radius 2 is 1.82 bits per heavy atom. The lowest BCUT2D eigenvalue weighted by molar-refractivity contribution is 0.626. The van der Waals surface area contributed by atoms with Crippen molar-refractivity contribution in [2.45, 2.75) is 16.2 Å². The van der Waals surface area contributed by atoms with Gasteiger partial charge in [0.05, 0.1) is 0 Å². The molecule has 0 fully saturated rings. The van der Waals surface area contributed by atoms with Crippen molar-refractivity contribution in [2.24, 2.45) is 0 Å². The number of hydrogen-bond donors (Lipinski definition) is 0. The highest BCUT2D eigenvalue weighted by Gasteiger charge is 1.99. The van der Waals surface area contributed by atoms with Crippen LogP contribution >= 0.6 is 11.8 Å². The molecule has 84 valence electrons. The summed E-state index contributed by atoms with van der Waals surface area (Å²) in [7, 11) is 0. The molecule has 17 heavy (non-hydrogen) atoms. The standard InChI is InChI=1S/C15H11FS/c1-2-4-12-5-3-6-15(11-12)17-14-9-7-13(16)8-10-14/h1,3,5-11H,4H2. The molecule has 0 atom stereocenters. The Labute approximate surface area is 105 Å². The van der Waals surface area contributed by atoms with Crippen molar-refractivity contribution in [1.82, 2.24) is 0 Å². The zero-order valence-corrected chi connectivity index (χ0v) is 10.0. The number of rotatable bonds is 3. The average Bonchev–Trinajstić information content (AvgIpc) is 2.33. The van der Waals surface area contributed by atoms with E-state index in [1.807, 2.05) is 18.2 Å². The van der Waals surface area contributed by atoms with E-state index in [1.165, 1.54) is 12.1 Å². The van der Waals surface area contributed by atoms with E-state index >= 15 is 0 Å². The van der Waals surface area contributed by atoms with Crippen molar-refractivity contribution in [1.29, 1.82) is 0 Å². The van der Waals surface area contributed by atoms with Gasteiger partial charge in [-0.3, -0.25) is 0 Å². The third-order valence-corrected chi connectivity index (χ3v) is 3.25. The second-order valence-electron chi connectivity index (χ2n) is 3.58. The molecule has 0 aliphatic rings. The lowest BCUT2D eigenvalue weighted by atomic mass is 10.2. The van der Waals surface area contributed by atoms with E-state index in [4.69, 9.17) is 6.42 Å². The van der Waals surface area contributed by atoms with E-state index in [1.54, 1.807) is 23.9 Å². The van der Waals surface area contributed by atoms with Crippen LogP contribution in [0.1, 0.15) is 5.56 Å².